The highest BCUT2D eigenvalue weighted by molar-refractivity contribution is 8.26. The van der Waals surface area contributed by atoms with E-state index in [0.29, 0.717) is 6.10 Å². The molecule has 0 aromatic carbocycles. The molecular formula is C9H20OS2. The number of hydrogen-bond donors (Lipinski definition) is 0. The summed E-state index contributed by atoms with van der Waals surface area (Å²) in [6, 6.07) is 0. The van der Waals surface area contributed by atoms with Crippen LogP contribution in [0.15, 0.2) is 0 Å². The molecule has 0 aromatic rings. The summed E-state index contributed by atoms with van der Waals surface area (Å²) >= 11 is 5.20. The van der Waals surface area contributed by atoms with E-state index in [2.05, 4.69) is 20.8 Å². The van der Waals surface area contributed by atoms with Gasteiger partial charge in [-0.2, -0.15) is 0 Å². The zero-order chi connectivity index (χ0) is 9.40. The quantitative estimate of drug-likeness (QED) is 0.595. The lowest BCUT2D eigenvalue weighted by Crippen LogP contribution is -2.10. The lowest BCUT2D eigenvalue weighted by atomic mass is 10.3. The van der Waals surface area contributed by atoms with E-state index in [1.165, 1.54) is 19.3 Å². The van der Waals surface area contributed by atoms with Crippen LogP contribution in [0.4, 0.5) is 0 Å². The summed E-state index contributed by atoms with van der Waals surface area (Å²) in [7, 11) is -0.218. The van der Waals surface area contributed by atoms with Crippen LogP contribution >= 0.6 is 0 Å². The summed E-state index contributed by atoms with van der Waals surface area (Å²) in [6.45, 7) is 6.42. The maximum atomic E-state index is 5.59. The average Bonchev–Trinajstić information content (AvgIpc) is 2.05. The highest BCUT2D eigenvalue weighted by atomic mass is 32.8. The molecule has 0 aliphatic carbocycles. The molecule has 0 aromatic heterocycles. The van der Waals surface area contributed by atoms with Gasteiger partial charge in [-0.05, 0) is 31.0 Å². The fourth-order valence-electron chi connectivity index (χ4n) is 0.769. The van der Waals surface area contributed by atoms with Crippen molar-refractivity contribution >= 4 is 20.9 Å². The van der Waals surface area contributed by atoms with Gasteiger partial charge in [-0.1, -0.05) is 26.7 Å². The minimum absolute atomic E-state index is 0.218. The van der Waals surface area contributed by atoms with Gasteiger partial charge in [-0.25, -0.2) is 0 Å². The molecule has 0 aliphatic heterocycles. The minimum Gasteiger partial charge on any atom is -0.309 e. The second kappa shape index (κ2) is 8.14. The van der Waals surface area contributed by atoms with E-state index >= 15 is 0 Å². The molecule has 74 valence electrons. The Kier molecular flexibility index (Phi) is 8.50. The molecule has 0 saturated carbocycles. The fraction of sp³-hybridized carbons (Fsp3) is 1.00. The lowest BCUT2D eigenvalue weighted by molar-refractivity contribution is 0.255. The Morgan fingerprint density at radius 3 is 2.50 bits per heavy atom. The average molecular weight is 208 g/mol. The Morgan fingerprint density at radius 1 is 1.33 bits per heavy atom. The predicted octanol–water partition coefficient (Wildman–Crippen LogP) is 2.99. The van der Waals surface area contributed by atoms with Gasteiger partial charge < -0.3 is 4.18 Å². The minimum atomic E-state index is -0.218. The maximum Gasteiger partial charge on any atom is 0.0694 e. The van der Waals surface area contributed by atoms with Gasteiger partial charge in [-0.3, -0.25) is 0 Å². The van der Waals surface area contributed by atoms with E-state index in [-0.39, 0.29) is 9.74 Å². The summed E-state index contributed by atoms with van der Waals surface area (Å²) in [5.74, 6) is 1.06. The molecule has 0 heterocycles. The van der Waals surface area contributed by atoms with Gasteiger partial charge in [0.25, 0.3) is 0 Å². The van der Waals surface area contributed by atoms with Crippen molar-refractivity contribution in [1.82, 2.24) is 0 Å². The van der Waals surface area contributed by atoms with E-state index in [1.807, 2.05) is 0 Å². The van der Waals surface area contributed by atoms with E-state index < -0.39 is 0 Å². The number of rotatable bonds is 7. The van der Waals surface area contributed by atoms with E-state index in [1.54, 1.807) is 0 Å². The van der Waals surface area contributed by atoms with Gasteiger partial charge in [0.15, 0.2) is 0 Å². The first-order valence-corrected chi connectivity index (χ1v) is 7.00. The maximum absolute atomic E-state index is 5.59. The molecule has 0 rings (SSSR count). The number of unbranched alkanes of at least 4 members (excludes halogenated alkanes) is 2. The third-order valence-electron chi connectivity index (χ3n) is 1.76. The Morgan fingerprint density at radius 2 is 2.00 bits per heavy atom. The topological polar surface area (TPSA) is 9.23 Å². The summed E-state index contributed by atoms with van der Waals surface area (Å²) in [5, 5.41) is 0. The van der Waals surface area contributed by atoms with Gasteiger partial charge in [0.05, 0.1) is 6.10 Å². The fourth-order valence-corrected chi connectivity index (χ4v) is 2.56. The van der Waals surface area contributed by atoms with Crippen LogP contribution in [0.3, 0.4) is 0 Å². The van der Waals surface area contributed by atoms with Crippen molar-refractivity contribution in [1.29, 1.82) is 0 Å². The van der Waals surface area contributed by atoms with E-state index in [9.17, 15) is 0 Å². The smallest absolute Gasteiger partial charge is 0.0694 e. The zero-order valence-corrected chi connectivity index (χ0v) is 9.97. The van der Waals surface area contributed by atoms with Crippen molar-refractivity contribution in [3.8, 4) is 0 Å². The first-order chi connectivity index (χ1) is 5.70. The number of hydrogen-bond acceptors (Lipinski definition) is 2. The molecule has 3 heteroatoms. The molecule has 2 atom stereocenters. The van der Waals surface area contributed by atoms with Crippen molar-refractivity contribution < 1.29 is 4.18 Å². The predicted molar refractivity (Wildman–Crippen MR) is 60.0 cm³/mol. The van der Waals surface area contributed by atoms with Gasteiger partial charge in [0.2, 0.25) is 0 Å². The van der Waals surface area contributed by atoms with Gasteiger partial charge in [-0.15, -0.1) is 0 Å². The van der Waals surface area contributed by atoms with Gasteiger partial charge in [0.1, 0.15) is 0 Å². The molecular weight excluding hydrogens is 188 g/mol. The molecule has 2 unspecified atom stereocenters. The third kappa shape index (κ3) is 7.19. The SMILES string of the molecule is CCCCCS(=S)OC(C)CC. The first kappa shape index (κ1) is 12.5. The lowest BCUT2D eigenvalue weighted by Gasteiger charge is -2.11. The van der Waals surface area contributed by atoms with Crippen LogP contribution in [-0.2, 0) is 25.1 Å². The highest BCUT2D eigenvalue weighted by Crippen LogP contribution is 2.03. The third-order valence-corrected chi connectivity index (χ3v) is 3.66. The molecule has 0 aliphatic rings. The second-order valence-corrected chi connectivity index (χ2v) is 5.35. The normalized spacial score (nSPS) is 15.9. The molecule has 0 N–H and O–H groups in total. The van der Waals surface area contributed by atoms with E-state index in [4.69, 9.17) is 15.4 Å². The Hall–Kier alpha value is 0.530. The van der Waals surface area contributed by atoms with Crippen LogP contribution < -0.4 is 0 Å². The molecule has 0 bridgehead atoms. The van der Waals surface area contributed by atoms with Gasteiger partial charge >= 0.3 is 0 Å². The molecule has 1 nitrogen and oxygen atoms in total. The molecule has 0 radical (unpaired) electrons. The summed E-state index contributed by atoms with van der Waals surface area (Å²) < 4.78 is 5.59. The van der Waals surface area contributed by atoms with Crippen LogP contribution in [0.1, 0.15) is 46.5 Å². The van der Waals surface area contributed by atoms with Crippen molar-refractivity contribution in [3.63, 3.8) is 0 Å². The molecule has 0 fully saturated rings. The van der Waals surface area contributed by atoms with Gasteiger partial charge in [0, 0.05) is 15.5 Å². The molecule has 0 saturated heterocycles. The standard InChI is InChI=1S/C9H20OS2/c1-4-6-7-8-12(11)10-9(3)5-2/h9H,4-8H2,1-3H3. The molecule has 12 heavy (non-hydrogen) atoms. The van der Waals surface area contributed by atoms with Crippen LogP contribution in [0, 0.1) is 0 Å². The van der Waals surface area contributed by atoms with E-state index in [0.717, 1.165) is 12.2 Å². The van der Waals surface area contributed by atoms with Crippen LogP contribution in [0.25, 0.3) is 0 Å². The summed E-state index contributed by atoms with van der Waals surface area (Å²) in [6.07, 6.45) is 5.17. The molecule has 0 amide bonds. The van der Waals surface area contributed by atoms with Crippen LogP contribution in [0.2, 0.25) is 0 Å². The van der Waals surface area contributed by atoms with Crippen molar-refractivity contribution in [2.75, 3.05) is 5.75 Å². The second-order valence-electron chi connectivity index (χ2n) is 3.03. The highest BCUT2D eigenvalue weighted by Gasteiger charge is 2.01. The van der Waals surface area contributed by atoms with Crippen LogP contribution in [0.5, 0.6) is 0 Å². The van der Waals surface area contributed by atoms with Crippen LogP contribution in [-0.4, -0.2) is 11.9 Å². The first-order valence-electron chi connectivity index (χ1n) is 4.76. The monoisotopic (exact) mass is 208 g/mol. The Labute approximate surface area is 83.7 Å². The van der Waals surface area contributed by atoms with Crippen molar-refractivity contribution in [2.24, 2.45) is 0 Å². The summed E-state index contributed by atoms with van der Waals surface area (Å²) in [5.41, 5.74) is 0. The molecule has 0 spiro atoms. The van der Waals surface area contributed by atoms with Crippen molar-refractivity contribution in [2.45, 2.75) is 52.6 Å². The largest absolute Gasteiger partial charge is 0.309 e. The summed E-state index contributed by atoms with van der Waals surface area (Å²) in [4.78, 5) is 0. The van der Waals surface area contributed by atoms with Crippen molar-refractivity contribution in [3.05, 3.63) is 0 Å². The Balaban J connectivity index is 3.33. The Bertz CT molecular complexity index is 126. The zero-order valence-electron chi connectivity index (χ0n) is 8.34.